The minimum atomic E-state index is -3.47. The van der Waals surface area contributed by atoms with Crippen molar-refractivity contribution in [1.82, 2.24) is 4.31 Å². The topological polar surface area (TPSA) is 49.4 Å². The minimum Gasteiger partial charge on any atom is -0.378 e. The summed E-state index contributed by atoms with van der Waals surface area (Å²) in [7, 11) is -3.47. The molecule has 4 nitrogen and oxygen atoms in total. The van der Waals surface area contributed by atoms with Crippen molar-refractivity contribution in [1.29, 1.82) is 0 Å². The number of anilines is 1. The molecule has 2 aliphatic rings. The van der Waals surface area contributed by atoms with Gasteiger partial charge in [-0.2, -0.15) is 4.31 Å². The van der Waals surface area contributed by atoms with E-state index in [0.29, 0.717) is 23.9 Å². The fourth-order valence-corrected chi connectivity index (χ4v) is 6.07. The number of rotatable bonds is 5. The van der Waals surface area contributed by atoms with Crippen LogP contribution in [0.4, 0.5) is 5.69 Å². The van der Waals surface area contributed by atoms with Gasteiger partial charge in [-0.1, -0.05) is 49.7 Å². The molecule has 4 rings (SSSR count). The molecule has 0 bridgehead atoms. The van der Waals surface area contributed by atoms with Crippen molar-refractivity contribution in [2.24, 2.45) is 5.92 Å². The summed E-state index contributed by atoms with van der Waals surface area (Å²) in [5.74, 6) is 0.573. The first-order valence-electron chi connectivity index (χ1n) is 9.78. The molecule has 3 unspecified atom stereocenters. The smallest absolute Gasteiger partial charge is 0.243 e. The first kappa shape index (κ1) is 19.5. The van der Waals surface area contributed by atoms with Crippen molar-refractivity contribution in [3.8, 4) is 0 Å². The van der Waals surface area contributed by atoms with Crippen LogP contribution in [0, 0.1) is 5.92 Å². The first-order chi connectivity index (χ1) is 13.5. The zero-order valence-electron chi connectivity index (χ0n) is 16.1. The van der Waals surface area contributed by atoms with Crippen LogP contribution in [0.3, 0.4) is 0 Å². The van der Waals surface area contributed by atoms with Crippen LogP contribution in [0.25, 0.3) is 0 Å². The standard InChI is InChI=1S/C22H25ClN2O2S/c1-3-25(4-2)28(26,27)17-12-13-21-20(14-17)18-6-5-7-19(18)22(24-21)15-8-10-16(23)11-9-15/h5-6,8-14,18-19,22,24H,3-4,7H2,1-2H3. The predicted molar refractivity (Wildman–Crippen MR) is 114 cm³/mol. The van der Waals surface area contributed by atoms with E-state index < -0.39 is 10.0 Å². The van der Waals surface area contributed by atoms with Crippen LogP contribution >= 0.6 is 11.6 Å². The fraction of sp³-hybridized carbons (Fsp3) is 0.364. The third-order valence-electron chi connectivity index (χ3n) is 5.91. The van der Waals surface area contributed by atoms with E-state index in [4.69, 9.17) is 11.6 Å². The lowest BCUT2D eigenvalue weighted by molar-refractivity contribution is 0.424. The van der Waals surface area contributed by atoms with Gasteiger partial charge in [0.15, 0.2) is 0 Å². The third kappa shape index (κ3) is 3.25. The van der Waals surface area contributed by atoms with Crippen molar-refractivity contribution >= 4 is 27.3 Å². The second kappa shape index (κ2) is 7.54. The zero-order chi connectivity index (χ0) is 19.9. The molecule has 0 fully saturated rings. The molecule has 1 aliphatic carbocycles. The second-order valence-electron chi connectivity index (χ2n) is 7.37. The van der Waals surface area contributed by atoms with Crippen LogP contribution in [0.5, 0.6) is 0 Å². The molecule has 2 aromatic rings. The summed E-state index contributed by atoms with van der Waals surface area (Å²) in [6.45, 7) is 4.68. The van der Waals surface area contributed by atoms with Gasteiger partial charge < -0.3 is 5.32 Å². The average Bonchev–Trinajstić information content (AvgIpc) is 3.18. The summed E-state index contributed by atoms with van der Waals surface area (Å²) < 4.78 is 27.4. The Bertz CT molecular complexity index is 998. The Balaban J connectivity index is 1.74. The molecule has 148 valence electrons. The summed E-state index contributed by atoms with van der Waals surface area (Å²) in [6, 6.07) is 13.7. The van der Waals surface area contributed by atoms with Gasteiger partial charge in [-0.15, -0.1) is 0 Å². The van der Waals surface area contributed by atoms with E-state index in [2.05, 4.69) is 29.6 Å². The third-order valence-corrected chi connectivity index (χ3v) is 8.20. The van der Waals surface area contributed by atoms with E-state index in [1.165, 1.54) is 9.87 Å². The Kier molecular flexibility index (Phi) is 5.25. The second-order valence-corrected chi connectivity index (χ2v) is 9.74. The Morgan fingerprint density at radius 3 is 2.50 bits per heavy atom. The summed E-state index contributed by atoms with van der Waals surface area (Å²) in [4.78, 5) is 0.376. The summed E-state index contributed by atoms with van der Waals surface area (Å²) in [5.41, 5.74) is 3.28. The number of fused-ring (bicyclic) bond motifs is 3. The molecule has 28 heavy (non-hydrogen) atoms. The van der Waals surface area contributed by atoms with Gasteiger partial charge >= 0.3 is 0 Å². The largest absolute Gasteiger partial charge is 0.378 e. The highest BCUT2D eigenvalue weighted by Gasteiger charge is 2.38. The first-order valence-corrected chi connectivity index (χ1v) is 11.6. The summed E-state index contributed by atoms with van der Waals surface area (Å²) >= 11 is 6.06. The van der Waals surface area contributed by atoms with Crippen molar-refractivity contribution in [2.75, 3.05) is 18.4 Å². The maximum atomic E-state index is 13.0. The number of halogens is 1. The normalized spacial score (nSPS) is 23.4. The highest BCUT2D eigenvalue weighted by Crippen LogP contribution is 2.50. The summed E-state index contributed by atoms with van der Waals surface area (Å²) in [5, 5.41) is 4.38. The van der Waals surface area contributed by atoms with Crippen LogP contribution in [0.2, 0.25) is 5.02 Å². The Hall–Kier alpha value is -1.82. The van der Waals surface area contributed by atoms with Gasteiger partial charge in [-0.05, 0) is 53.8 Å². The van der Waals surface area contributed by atoms with Gasteiger partial charge in [0.2, 0.25) is 10.0 Å². The van der Waals surface area contributed by atoms with Crippen LogP contribution in [0.15, 0.2) is 59.5 Å². The van der Waals surface area contributed by atoms with Gasteiger partial charge in [0, 0.05) is 29.7 Å². The van der Waals surface area contributed by atoms with Crippen LogP contribution < -0.4 is 5.32 Å². The van der Waals surface area contributed by atoms with Crippen molar-refractivity contribution in [3.63, 3.8) is 0 Å². The lowest BCUT2D eigenvalue weighted by Gasteiger charge is -2.38. The molecule has 1 heterocycles. The number of sulfonamides is 1. The molecule has 1 N–H and O–H groups in total. The Morgan fingerprint density at radius 1 is 1.11 bits per heavy atom. The molecule has 1 aliphatic heterocycles. The number of hydrogen-bond donors (Lipinski definition) is 1. The van der Waals surface area contributed by atoms with E-state index in [-0.39, 0.29) is 12.0 Å². The quantitative estimate of drug-likeness (QED) is 0.681. The van der Waals surface area contributed by atoms with E-state index in [1.54, 1.807) is 6.07 Å². The Morgan fingerprint density at radius 2 is 1.82 bits per heavy atom. The van der Waals surface area contributed by atoms with Crippen molar-refractivity contribution < 1.29 is 8.42 Å². The van der Waals surface area contributed by atoms with Gasteiger partial charge in [0.25, 0.3) is 0 Å². The number of nitrogens with one attached hydrogen (secondary N) is 1. The lowest BCUT2D eigenvalue weighted by atomic mass is 9.77. The number of hydrogen-bond acceptors (Lipinski definition) is 3. The van der Waals surface area contributed by atoms with Gasteiger partial charge in [-0.25, -0.2) is 8.42 Å². The molecule has 0 saturated heterocycles. The van der Waals surface area contributed by atoms with E-state index in [9.17, 15) is 8.42 Å². The molecular weight excluding hydrogens is 392 g/mol. The molecule has 0 spiro atoms. The van der Waals surface area contributed by atoms with Gasteiger partial charge in [-0.3, -0.25) is 0 Å². The number of nitrogens with zero attached hydrogens (tertiary/aromatic N) is 1. The average molecular weight is 417 g/mol. The lowest BCUT2D eigenvalue weighted by Crippen LogP contribution is -2.32. The Labute approximate surface area is 172 Å². The highest BCUT2D eigenvalue weighted by atomic mass is 35.5. The summed E-state index contributed by atoms with van der Waals surface area (Å²) in [6.07, 6.45) is 5.40. The van der Waals surface area contributed by atoms with Crippen molar-refractivity contribution in [2.45, 2.75) is 37.1 Å². The molecule has 2 aromatic carbocycles. The van der Waals surface area contributed by atoms with Crippen LogP contribution in [-0.2, 0) is 10.0 Å². The fourth-order valence-electron chi connectivity index (χ4n) is 4.45. The van der Waals surface area contributed by atoms with Gasteiger partial charge in [0.1, 0.15) is 0 Å². The van der Waals surface area contributed by atoms with E-state index in [1.807, 2.05) is 38.1 Å². The predicted octanol–water partition coefficient (Wildman–Crippen LogP) is 5.20. The molecule has 0 saturated carbocycles. The molecule has 6 heteroatoms. The van der Waals surface area contributed by atoms with Gasteiger partial charge in [0.05, 0.1) is 10.9 Å². The molecule has 0 radical (unpaired) electrons. The van der Waals surface area contributed by atoms with Crippen LogP contribution in [0.1, 0.15) is 43.4 Å². The van der Waals surface area contributed by atoms with E-state index >= 15 is 0 Å². The minimum absolute atomic E-state index is 0.176. The maximum Gasteiger partial charge on any atom is 0.243 e. The zero-order valence-corrected chi connectivity index (χ0v) is 17.7. The number of allylic oxidation sites excluding steroid dienone is 2. The van der Waals surface area contributed by atoms with E-state index in [0.717, 1.165) is 22.7 Å². The highest BCUT2D eigenvalue weighted by molar-refractivity contribution is 7.89. The monoisotopic (exact) mass is 416 g/mol. The molecule has 3 atom stereocenters. The van der Waals surface area contributed by atoms with Crippen LogP contribution in [-0.4, -0.2) is 25.8 Å². The van der Waals surface area contributed by atoms with Crippen molar-refractivity contribution in [3.05, 3.63) is 70.8 Å². The number of benzene rings is 2. The molecule has 0 aromatic heterocycles. The molecule has 0 amide bonds. The molecular formula is C22H25ClN2O2S. The SMILES string of the molecule is CCN(CC)S(=O)(=O)c1ccc2c(c1)C1C=CCC1C(c1ccc(Cl)cc1)N2. The maximum absolute atomic E-state index is 13.0.